The minimum atomic E-state index is -0.268. The molecule has 0 radical (unpaired) electrons. The monoisotopic (exact) mass is 374 g/mol. The summed E-state index contributed by atoms with van der Waals surface area (Å²) in [4.78, 5) is 17.9. The lowest BCUT2D eigenvalue weighted by molar-refractivity contribution is 0.957. The summed E-state index contributed by atoms with van der Waals surface area (Å²) in [6.07, 6.45) is 0. The average molecular weight is 374 g/mol. The quantitative estimate of drug-likeness (QED) is 0.508. The summed E-state index contributed by atoms with van der Waals surface area (Å²) in [6, 6.07) is 12.0. The lowest BCUT2D eigenvalue weighted by Gasteiger charge is -2.17. The van der Waals surface area contributed by atoms with E-state index in [9.17, 15) is 4.79 Å². The summed E-state index contributed by atoms with van der Waals surface area (Å²) in [5.74, 6) is 0.604. The van der Waals surface area contributed by atoms with Gasteiger partial charge in [0.15, 0.2) is 5.65 Å². The van der Waals surface area contributed by atoms with E-state index >= 15 is 0 Å². The van der Waals surface area contributed by atoms with Gasteiger partial charge in [-0.3, -0.25) is 9.89 Å². The Morgan fingerprint density at radius 1 is 1.00 bits per heavy atom. The lowest BCUT2D eigenvalue weighted by atomic mass is 10.1. The first-order chi connectivity index (χ1) is 13.3. The Bertz CT molecular complexity index is 1270. The predicted octanol–water partition coefficient (Wildman–Crippen LogP) is 3.67. The molecule has 0 unspecified atom stereocenters. The van der Waals surface area contributed by atoms with Crippen molar-refractivity contribution < 1.29 is 0 Å². The Labute approximate surface area is 162 Å². The van der Waals surface area contributed by atoms with Crippen LogP contribution in [0.1, 0.15) is 22.3 Å². The number of rotatable bonds is 3. The van der Waals surface area contributed by atoms with Crippen molar-refractivity contribution in [1.29, 1.82) is 0 Å². The van der Waals surface area contributed by atoms with Crippen LogP contribution in [-0.2, 0) is 0 Å². The second-order valence-corrected chi connectivity index (χ2v) is 7.15. The fraction of sp³-hybridized carbons (Fsp3) is 0.190. The smallest absolute Gasteiger partial charge is 0.272 e. The molecule has 4 N–H and O–H groups in total. The van der Waals surface area contributed by atoms with E-state index in [2.05, 4.69) is 26.6 Å². The van der Waals surface area contributed by atoms with Crippen LogP contribution in [0, 0.1) is 27.7 Å². The maximum Gasteiger partial charge on any atom is 0.272 e. The van der Waals surface area contributed by atoms with E-state index in [0.717, 1.165) is 28.1 Å². The van der Waals surface area contributed by atoms with Gasteiger partial charge in [0, 0.05) is 5.69 Å². The van der Waals surface area contributed by atoms with Crippen LogP contribution >= 0.6 is 0 Å². The Balaban J connectivity index is 2.00. The number of hydrogen-bond acceptors (Lipinski definition) is 5. The van der Waals surface area contributed by atoms with Crippen LogP contribution in [0.3, 0.4) is 0 Å². The first kappa shape index (κ1) is 17.8. The van der Waals surface area contributed by atoms with Gasteiger partial charge in [-0.25, -0.2) is 4.57 Å². The molecule has 0 atom stereocenters. The number of nitrogens with one attached hydrogen (secondary N) is 2. The molecule has 0 bridgehead atoms. The Hall–Kier alpha value is -3.61. The van der Waals surface area contributed by atoms with Crippen molar-refractivity contribution in [2.24, 2.45) is 0 Å². The number of nitrogens with two attached hydrogens (primary N) is 1. The van der Waals surface area contributed by atoms with Crippen LogP contribution < -0.4 is 16.6 Å². The van der Waals surface area contributed by atoms with Gasteiger partial charge in [0.1, 0.15) is 11.2 Å². The predicted molar refractivity (Wildman–Crippen MR) is 113 cm³/mol. The van der Waals surface area contributed by atoms with Gasteiger partial charge in [-0.1, -0.05) is 35.4 Å². The standard InChI is InChI=1S/C21H22N6O/c1-11-5-7-15(13(3)9-11)23-21-24-19-17(18(22)25-26-19)20(28)27(21)16-8-6-12(2)10-14(16)4/h5-10H,1-4H3,(H4,22,23,24,25,26). The molecule has 0 fully saturated rings. The van der Waals surface area contributed by atoms with Gasteiger partial charge in [-0.2, -0.15) is 10.1 Å². The fourth-order valence-electron chi connectivity index (χ4n) is 3.43. The maximum atomic E-state index is 13.3. The van der Waals surface area contributed by atoms with Crippen molar-refractivity contribution in [3.63, 3.8) is 0 Å². The molecule has 7 heteroatoms. The zero-order chi connectivity index (χ0) is 20.0. The minimum Gasteiger partial charge on any atom is -0.383 e. The first-order valence-electron chi connectivity index (χ1n) is 9.03. The molecule has 2 aromatic carbocycles. The average Bonchev–Trinajstić information content (AvgIpc) is 3.00. The third kappa shape index (κ3) is 2.90. The van der Waals surface area contributed by atoms with E-state index in [-0.39, 0.29) is 22.4 Å². The van der Waals surface area contributed by atoms with E-state index in [0.29, 0.717) is 5.95 Å². The number of nitrogen functional groups attached to an aromatic ring is 1. The van der Waals surface area contributed by atoms with Crippen molar-refractivity contribution in [3.8, 4) is 5.69 Å². The number of aryl methyl sites for hydroxylation is 4. The SMILES string of the molecule is Cc1ccc(Nc2nc3n[nH]c(N)c3c(=O)n2-c2ccc(C)cc2C)c(C)c1. The number of fused-ring (bicyclic) bond motifs is 1. The molecule has 4 aromatic rings. The number of benzene rings is 2. The maximum absolute atomic E-state index is 13.3. The number of aromatic nitrogens is 4. The topological polar surface area (TPSA) is 102 Å². The molecular weight excluding hydrogens is 352 g/mol. The molecule has 0 saturated carbocycles. The second kappa shape index (κ2) is 6.53. The molecule has 0 aliphatic rings. The minimum absolute atomic E-state index is 0.212. The highest BCUT2D eigenvalue weighted by Gasteiger charge is 2.19. The second-order valence-electron chi connectivity index (χ2n) is 7.15. The van der Waals surface area contributed by atoms with Gasteiger partial charge < -0.3 is 11.1 Å². The van der Waals surface area contributed by atoms with Gasteiger partial charge in [-0.05, 0) is 51.0 Å². The number of hydrogen-bond donors (Lipinski definition) is 3. The normalized spacial score (nSPS) is 11.1. The zero-order valence-corrected chi connectivity index (χ0v) is 16.3. The third-order valence-corrected chi connectivity index (χ3v) is 4.84. The van der Waals surface area contributed by atoms with Crippen LogP contribution in [0.4, 0.5) is 17.5 Å². The Morgan fingerprint density at radius 3 is 2.36 bits per heavy atom. The highest BCUT2D eigenvalue weighted by atomic mass is 16.1. The molecule has 0 saturated heterocycles. The molecule has 142 valence electrons. The van der Waals surface area contributed by atoms with Crippen molar-refractivity contribution in [1.82, 2.24) is 19.7 Å². The molecular formula is C21H22N6O. The summed E-state index contributed by atoms with van der Waals surface area (Å²) < 4.78 is 1.56. The third-order valence-electron chi connectivity index (χ3n) is 4.84. The Kier molecular flexibility index (Phi) is 4.15. The number of anilines is 3. The van der Waals surface area contributed by atoms with Crippen molar-refractivity contribution in [3.05, 3.63) is 69.0 Å². The molecule has 0 aliphatic heterocycles. The van der Waals surface area contributed by atoms with E-state index in [1.54, 1.807) is 4.57 Å². The molecule has 0 aliphatic carbocycles. The molecule has 28 heavy (non-hydrogen) atoms. The molecule has 2 heterocycles. The van der Waals surface area contributed by atoms with Crippen molar-refractivity contribution in [2.45, 2.75) is 27.7 Å². The lowest BCUT2D eigenvalue weighted by Crippen LogP contribution is -2.24. The number of nitrogens with zero attached hydrogens (tertiary/aromatic N) is 3. The van der Waals surface area contributed by atoms with E-state index in [4.69, 9.17) is 5.73 Å². The molecule has 0 amide bonds. The van der Waals surface area contributed by atoms with Crippen LogP contribution in [0.15, 0.2) is 41.2 Å². The molecule has 4 rings (SSSR count). The molecule has 7 nitrogen and oxygen atoms in total. The van der Waals surface area contributed by atoms with Gasteiger partial charge >= 0.3 is 0 Å². The van der Waals surface area contributed by atoms with E-state index < -0.39 is 0 Å². The largest absolute Gasteiger partial charge is 0.383 e. The number of aromatic amines is 1. The van der Waals surface area contributed by atoms with Gasteiger partial charge in [0.25, 0.3) is 5.56 Å². The molecule has 0 spiro atoms. The van der Waals surface area contributed by atoms with Gasteiger partial charge in [0.05, 0.1) is 5.69 Å². The fourth-order valence-corrected chi connectivity index (χ4v) is 3.43. The highest BCUT2D eigenvalue weighted by molar-refractivity contribution is 5.86. The van der Waals surface area contributed by atoms with Crippen LogP contribution in [0.25, 0.3) is 16.7 Å². The van der Waals surface area contributed by atoms with Crippen LogP contribution in [0.2, 0.25) is 0 Å². The highest BCUT2D eigenvalue weighted by Crippen LogP contribution is 2.25. The Morgan fingerprint density at radius 2 is 1.68 bits per heavy atom. The summed E-state index contributed by atoms with van der Waals surface area (Å²) in [7, 11) is 0. The summed E-state index contributed by atoms with van der Waals surface area (Å²) in [5, 5.41) is 10.3. The zero-order valence-electron chi connectivity index (χ0n) is 16.3. The first-order valence-corrected chi connectivity index (χ1v) is 9.03. The molecule has 2 aromatic heterocycles. The van der Waals surface area contributed by atoms with Crippen LogP contribution in [0.5, 0.6) is 0 Å². The van der Waals surface area contributed by atoms with Gasteiger partial charge in [0.2, 0.25) is 5.95 Å². The van der Waals surface area contributed by atoms with E-state index in [1.165, 1.54) is 5.56 Å². The van der Waals surface area contributed by atoms with Crippen molar-refractivity contribution >= 4 is 28.5 Å². The van der Waals surface area contributed by atoms with Gasteiger partial charge in [-0.15, -0.1) is 0 Å². The summed E-state index contributed by atoms with van der Waals surface area (Å²) in [6.45, 7) is 8.04. The summed E-state index contributed by atoms with van der Waals surface area (Å²) >= 11 is 0. The van der Waals surface area contributed by atoms with E-state index in [1.807, 2.05) is 58.0 Å². The number of H-pyrrole nitrogens is 1. The van der Waals surface area contributed by atoms with Crippen LogP contribution in [-0.4, -0.2) is 19.7 Å². The summed E-state index contributed by atoms with van der Waals surface area (Å²) in [5.41, 5.74) is 11.9. The van der Waals surface area contributed by atoms with Crippen molar-refractivity contribution in [2.75, 3.05) is 11.1 Å².